The van der Waals surface area contributed by atoms with Crippen LogP contribution in [0.25, 0.3) is 0 Å². The van der Waals surface area contributed by atoms with Crippen LogP contribution in [-0.2, 0) is 14.3 Å². The molecule has 0 spiro atoms. The molecule has 0 N–H and O–H groups in total. The van der Waals surface area contributed by atoms with Crippen LogP contribution in [0.5, 0.6) is 0 Å². The van der Waals surface area contributed by atoms with Crippen molar-refractivity contribution in [2.45, 2.75) is 26.7 Å². The molecular weight excluding hydrogens is 143 g/mol. The van der Waals surface area contributed by atoms with Gasteiger partial charge in [-0.1, -0.05) is 6.92 Å². The van der Waals surface area contributed by atoms with E-state index in [0.29, 0.717) is 12.8 Å². The van der Waals surface area contributed by atoms with Crippen molar-refractivity contribution >= 4 is 41.5 Å². The van der Waals surface area contributed by atoms with Gasteiger partial charge in [0, 0.05) is 13.3 Å². The van der Waals surface area contributed by atoms with Crippen molar-refractivity contribution in [1.82, 2.24) is 0 Å². The molecule has 0 atom stereocenters. The molecule has 3 nitrogen and oxygen atoms in total. The molecule has 0 unspecified atom stereocenters. The summed E-state index contributed by atoms with van der Waals surface area (Å²) < 4.78 is 4.21. The molecular formula is C6H11NaO3. The monoisotopic (exact) mass is 154 g/mol. The Morgan fingerprint density at radius 1 is 1.40 bits per heavy atom. The summed E-state index contributed by atoms with van der Waals surface area (Å²) >= 11 is 0. The van der Waals surface area contributed by atoms with E-state index < -0.39 is 11.9 Å². The second-order valence-electron chi connectivity index (χ2n) is 1.72. The van der Waals surface area contributed by atoms with Gasteiger partial charge in [0.15, 0.2) is 0 Å². The zero-order chi connectivity index (χ0) is 7.28. The fraction of sp³-hybridized carbons (Fsp3) is 0.667. The minimum absolute atomic E-state index is 0. The van der Waals surface area contributed by atoms with Gasteiger partial charge in [-0.2, -0.15) is 0 Å². The molecule has 0 fully saturated rings. The summed E-state index contributed by atoms with van der Waals surface area (Å²) in [7, 11) is 0. The first kappa shape index (κ1) is 12.8. The third-order valence-corrected chi connectivity index (χ3v) is 0.712. The molecule has 0 aliphatic heterocycles. The average molecular weight is 154 g/mol. The van der Waals surface area contributed by atoms with Gasteiger partial charge in [-0.25, -0.2) is 0 Å². The van der Waals surface area contributed by atoms with Crippen LogP contribution in [-0.4, -0.2) is 41.5 Å². The molecule has 0 aliphatic rings. The van der Waals surface area contributed by atoms with E-state index in [1.807, 2.05) is 6.92 Å². The Morgan fingerprint density at radius 3 is 2.20 bits per heavy atom. The fourth-order valence-corrected chi connectivity index (χ4v) is 0.415. The van der Waals surface area contributed by atoms with E-state index in [-0.39, 0.29) is 29.6 Å². The molecule has 0 aromatic carbocycles. The van der Waals surface area contributed by atoms with Crippen LogP contribution in [0, 0.1) is 0 Å². The van der Waals surface area contributed by atoms with Crippen molar-refractivity contribution in [3.05, 3.63) is 0 Å². The van der Waals surface area contributed by atoms with Gasteiger partial charge in [0.2, 0.25) is 0 Å². The molecule has 0 amide bonds. The first-order chi connectivity index (χ1) is 4.16. The van der Waals surface area contributed by atoms with Crippen molar-refractivity contribution in [2.75, 3.05) is 0 Å². The average Bonchev–Trinajstić information content (AvgIpc) is 1.63. The van der Waals surface area contributed by atoms with Crippen LogP contribution in [0.4, 0.5) is 0 Å². The van der Waals surface area contributed by atoms with Crippen molar-refractivity contribution < 1.29 is 14.3 Å². The van der Waals surface area contributed by atoms with Crippen molar-refractivity contribution in [3.8, 4) is 0 Å². The second-order valence-corrected chi connectivity index (χ2v) is 1.72. The molecule has 4 heteroatoms. The Hall–Kier alpha value is 0.140. The van der Waals surface area contributed by atoms with Gasteiger partial charge in [0.25, 0.3) is 0 Å². The Morgan fingerprint density at radius 2 is 1.90 bits per heavy atom. The SMILES string of the molecule is CCCC(=O)OC(C)=O.[NaH]. The number of ether oxygens (including phenoxy) is 1. The maximum absolute atomic E-state index is 10.4. The number of hydrogen-bond acceptors (Lipinski definition) is 3. The summed E-state index contributed by atoms with van der Waals surface area (Å²) in [5, 5.41) is 0. The second kappa shape index (κ2) is 7.25. The summed E-state index contributed by atoms with van der Waals surface area (Å²) in [5.74, 6) is -0.974. The van der Waals surface area contributed by atoms with Crippen LogP contribution < -0.4 is 0 Å². The molecule has 0 bridgehead atoms. The zero-order valence-corrected chi connectivity index (χ0v) is 5.64. The molecule has 0 aromatic heterocycles. The van der Waals surface area contributed by atoms with Crippen molar-refractivity contribution in [2.24, 2.45) is 0 Å². The first-order valence-corrected chi connectivity index (χ1v) is 2.88. The predicted molar refractivity (Wildman–Crippen MR) is 38.8 cm³/mol. The maximum atomic E-state index is 10.4. The number of rotatable bonds is 2. The van der Waals surface area contributed by atoms with Crippen LogP contribution in [0.15, 0.2) is 0 Å². The quantitative estimate of drug-likeness (QED) is 0.325. The number of hydrogen-bond donors (Lipinski definition) is 0. The van der Waals surface area contributed by atoms with Crippen molar-refractivity contribution in [1.29, 1.82) is 0 Å². The molecule has 10 heavy (non-hydrogen) atoms. The summed E-state index contributed by atoms with van der Waals surface area (Å²) in [6.07, 6.45) is 1.03. The third-order valence-electron chi connectivity index (χ3n) is 0.712. The van der Waals surface area contributed by atoms with E-state index in [4.69, 9.17) is 0 Å². The van der Waals surface area contributed by atoms with E-state index in [2.05, 4.69) is 4.74 Å². The normalized spacial score (nSPS) is 7.80. The van der Waals surface area contributed by atoms with E-state index >= 15 is 0 Å². The van der Waals surface area contributed by atoms with Gasteiger partial charge in [0.05, 0.1) is 0 Å². The molecule has 0 aliphatic carbocycles. The molecule has 0 aromatic rings. The molecule has 0 saturated heterocycles. The first-order valence-electron chi connectivity index (χ1n) is 2.88. The van der Waals surface area contributed by atoms with E-state index in [1.165, 1.54) is 6.92 Å². The molecule has 0 heterocycles. The van der Waals surface area contributed by atoms with Gasteiger partial charge in [-0.05, 0) is 6.42 Å². The standard InChI is InChI=1S/C6H10O3.Na.H/c1-3-4-6(8)9-5(2)7;;/h3-4H2,1-2H3;;. The number of esters is 2. The summed E-state index contributed by atoms with van der Waals surface area (Å²) in [5.41, 5.74) is 0. The Bertz CT molecular complexity index is 122. The Kier molecular flexibility index (Phi) is 9.27. The van der Waals surface area contributed by atoms with Crippen LogP contribution in [0.2, 0.25) is 0 Å². The number of carbonyl (C=O) groups is 2. The van der Waals surface area contributed by atoms with E-state index in [9.17, 15) is 9.59 Å². The Balaban J connectivity index is 0. The minimum atomic E-state index is -0.534. The van der Waals surface area contributed by atoms with E-state index in [1.54, 1.807) is 0 Å². The molecule has 0 rings (SSSR count). The van der Waals surface area contributed by atoms with Crippen LogP contribution >= 0.6 is 0 Å². The third kappa shape index (κ3) is 8.14. The molecule has 54 valence electrons. The van der Waals surface area contributed by atoms with E-state index in [0.717, 1.165) is 0 Å². The van der Waals surface area contributed by atoms with Gasteiger partial charge in [-0.15, -0.1) is 0 Å². The summed E-state index contributed by atoms with van der Waals surface area (Å²) in [6, 6.07) is 0. The summed E-state index contributed by atoms with van der Waals surface area (Å²) in [6.45, 7) is 3.06. The van der Waals surface area contributed by atoms with Gasteiger partial charge >= 0.3 is 41.5 Å². The van der Waals surface area contributed by atoms with Crippen molar-refractivity contribution in [3.63, 3.8) is 0 Å². The zero-order valence-electron chi connectivity index (χ0n) is 5.64. The topological polar surface area (TPSA) is 43.4 Å². The molecule has 0 radical (unpaired) electrons. The van der Waals surface area contributed by atoms with Crippen LogP contribution in [0.1, 0.15) is 26.7 Å². The van der Waals surface area contributed by atoms with Gasteiger partial charge in [0.1, 0.15) is 0 Å². The molecule has 0 saturated carbocycles. The fourth-order valence-electron chi connectivity index (χ4n) is 0.415. The Labute approximate surface area is 82.4 Å². The van der Waals surface area contributed by atoms with Crippen LogP contribution in [0.3, 0.4) is 0 Å². The van der Waals surface area contributed by atoms with Gasteiger partial charge < -0.3 is 4.74 Å². The predicted octanol–water partition coefficient (Wildman–Crippen LogP) is 0.228. The summed E-state index contributed by atoms with van der Waals surface area (Å²) in [4.78, 5) is 20.5. The number of carbonyl (C=O) groups excluding carboxylic acids is 2. The van der Waals surface area contributed by atoms with Gasteiger partial charge in [-0.3, -0.25) is 9.59 Å².